The molecule has 0 atom stereocenters. The summed E-state index contributed by atoms with van der Waals surface area (Å²) in [6.07, 6.45) is 6.83. The predicted molar refractivity (Wildman–Crippen MR) is 75.2 cm³/mol. The standard InChI is InChI=1S/C17H23N/c1-3-15-8-10-17(13-18,11-9-15)12-16-7-5-4-6-14(16)2/h4-7,15H,3,8-12H2,1-2H3. The summed E-state index contributed by atoms with van der Waals surface area (Å²) >= 11 is 0. The van der Waals surface area contributed by atoms with Crippen LogP contribution in [0.2, 0.25) is 0 Å². The highest BCUT2D eigenvalue weighted by Crippen LogP contribution is 2.42. The molecule has 0 amide bonds. The minimum atomic E-state index is -0.0994. The van der Waals surface area contributed by atoms with Crippen LogP contribution in [0.5, 0.6) is 0 Å². The lowest BCUT2D eigenvalue weighted by molar-refractivity contribution is 0.205. The van der Waals surface area contributed by atoms with Crippen LogP contribution in [0.3, 0.4) is 0 Å². The lowest BCUT2D eigenvalue weighted by Crippen LogP contribution is -2.28. The maximum atomic E-state index is 9.60. The van der Waals surface area contributed by atoms with Crippen molar-refractivity contribution < 1.29 is 0 Å². The molecule has 1 saturated carbocycles. The van der Waals surface area contributed by atoms with E-state index in [1.807, 2.05) is 0 Å². The van der Waals surface area contributed by atoms with Crippen molar-refractivity contribution in [1.29, 1.82) is 5.26 Å². The highest BCUT2D eigenvalue weighted by atomic mass is 14.4. The molecule has 0 unspecified atom stereocenters. The van der Waals surface area contributed by atoms with Crippen LogP contribution in [-0.4, -0.2) is 0 Å². The van der Waals surface area contributed by atoms with E-state index in [-0.39, 0.29) is 5.41 Å². The Morgan fingerprint density at radius 3 is 2.50 bits per heavy atom. The first-order valence-corrected chi connectivity index (χ1v) is 7.15. The van der Waals surface area contributed by atoms with E-state index in [0.29, 0.717) is 0 Å². The third-order valence-electron chi connectivity index (χ3n) is 4.67. The molecule has 1 fully saturated rings. The number of aryl methyl sites for hydroxylation is 1. The second kappa shape index (κ2) is 5.57. The van der Waals surface area contributed by atoms with Gasteiger partial charge < -0.3 is 0 Å². The number of nitrogens with zero attached hydrogens (tertiary/aromatic N) is 1. The second-order valence-corrected chi connectivity index (χ2v) is 5.85. The average Bonchev–Trinajstić information content (AvgIpc) is 2.42. The van der Waals surface area contributed by atoms with Crippen LogP contribution >= 0.6 is 0 Å². The molecule has 1 aromatic carbocycles. The van der Waals surface area contributed by atoms with Crippen LogP contribution in [0.15, 0.2) is 24.3 Å². The fraction of sp³-hybridized carbons (Fsp3) is 0.588. The van der Waals surface area contributed by atoms with Gasteiger partial charge in [0.1, 0.15) is 0 Å². The number of nitriles is 1. The number of hydrogen-bond donors (Lipinski definition) is 0. The third-order valence-corrected chi connectivity index (χ3v) is 4.67. The molecular weight excluding hydrogens is 218 g/mol. The van der Waals surface area contributed by atoms with Crippen LogP contribution in [-0.2, 0) is 6.42 Å². The van der Waals surface area contributed by atoms with Gasteiger partial charge in [0.2, 0.25) is 0 Å². The molecule has 18 heavy (non-hydrogen) atoms. The van der Waals surface area contributed by atoms with Crippen molar-refractivity contribution >= 4 is 0 Å². The fourth-order valence-electron chi connectivity index (χ4n) is 3.14. The summed E-state index contributed by atoms with van der Waals surface area (Å²) < 4.78 is 0. The zero-order chi connectivity index (χ0) is 13.0. The van der Waals surface area contributed by atoms with Crippen LogP contribution in [0.4, 0.5) is 0 Å². The smallest absolute Gasteiger partial charge is 0.0693 e. The zero-order valence-electron chi connectivity index (χ0n) is 11.6. The molecule has 0 aliphatic heterocycles. The summed E-state index contributed by atoms with van der Waals surface area (Å²) in [6.45, 7) is 4.42. The zero-order valence-corrected chi connectivity index (χ0v) is 11.6. The van der Waals surface area contributed by atoms with Gasteiger partial charge in [-0.05, 0) is 56.1 Å². The Hall–Kier alpha value is -1.29. The molecule has 0 heterocycles. The van der Waals surface area contributed by atoms with Gasteiger partial charge in [0.05, 0.1) is 11.5 Å². The largest absolute Gasteiger partial charge is 0.198 e. The highest BCUT2D eigenvalue weighted by molar-refractivity contribution is 5.28. The molecule has 96 valence electrons. The molecule has 0 spiro atoms. The molecule has 0 saturated heterocycles. The van der Waals surface area contributed by atoms with E-state index < -0.39 is 0 Å². The minimum Gasteiger partial charge on any atom is -0.198 e. The molecule has 1 aliphatic carbocycles. The predicted octanol–water partition coefficient (Wildman–Crippen LogP) is 4.65. The summed E-state index contributed by atoms with van der Waals surface area (Å²) in [5.41, 5.74) is 2.58. The van der Waals surface area contributed by atoms with Crippen molar-refractivity contribution in [2.75, 3.05) is 0 Å². The summed E-state index contributed by atoms with van der Waals surface area (Å²) in [5, 5.41) is 9.60. The number of hydrogen-bond acceptors (Lipinski definition) is 1. The highest BCUT2D eigenvalue weighted by Gasteiger charge is 2.35. The van der Waals surface area contributed by atoms with Crippen molar-refractivity contribution in [2.24, 2.45) is 11.3 Å². The average molecular weight is 241 g/mol. The summed E-state index contributed by atoms with van der Waals surface area (Å²) in [7, 11) is 0. The van der Waals surface area contributed by atoms with Crippen LogP contribution in [0, 0.1) is 29.6 Å². The first-order chi connectivity index (χ1) is 8.69. The molecule has 1 aliphatic rings. The van der Waals surface area contributed by atoms with Crippen LogP contribution in [0.25, 0.3) is 0 Å². The van der Waals surface area contributed by atoms with Crippen molar-refractivity contribution in [2.45, 2.75) is 52.4 Å². The van der Waals surface area contributed by atoms with Gasteiger partial charge in [0.25, 0.3) is 0 Å². The topological polar surface area (TPSA) is 23.8 Å². The van der Waals surface area contributed by atoms with E-state index in [9.17, 15) is 5.26 Å². The Bertz CT molecular complexity index is 433. The first kappa shape index (κ1) is 13.1. The van der Waals surface area contributed by atoms with Gasteiger partial charge in [-0.1, -0.05) is 37.6 Å². The first-order valence-electron chi connectivity index (χ1n) is 7.15. The van der Waals surface area contributed by atoms with Gasteiger partial charge in [-0.15, -0.1) is 0 Å². The van der Waals surface area contributed by atoms with Crippen molar-refractivity contribution in [3.63, 3.8) is 0 Å². The van der Waals surface area contributed by atoms with Gasteiger partial charge in [-0.25, -0.2) is 0 Å². The molecule has 0 bridgehead atoms. The monoisotopic (exact) mass is 241 g/mol. The van der Waals surface area contributed by atoms with E-state index >= 15 is 0 Å². The Morgan fingerprint density at radius 2 is 1.94 bits per heavy atom. The summed E-state index contributed by atoms with van der Waals surface area (Å²) in [5.74, 6) is 0.850. The number of benzene rings is 1. The quantitative estimate of drug-likeness (QED) is 0.755. The molecule has 1 nitrogen and oxygen atoms in total. The van der Waals surface area contributed by atoms with Gasteiger partial charge in [-0.3, -0.25) is 0 Å². The SMILES string of the molecule is CCC1CCC(C#N)(Cc2ccccc2C)CC1. The molecule has 1 aromatic rings. The van der Waals surface area contributed by atoms with Crippen LogP contribution in [0.1, 0.15) is 50.2 Å². The van der Waals surface area contributed by atoms with Crippen molar-refractivity contribution in [3.8, 4) is 6.07 Å². The van der Waals surface area contributed by atoms with Crippen molar-refractivity contribution in [3.05, 3.63) is 35.4 Å². The molecule has 0 aromatic heterocycles. The maximum absolute atomic E-state index is 9.60. The van der Waals surface area contributed by atoms with Gasteiger partial charge in [0, 0.05) is 0 Å². The Morgan fingerprint density at radius 1 is 1.28 bits per heavy atom. The second-order valence-electron chi connectivity index (χ2n) is 5.85. The number of rotatable bonds is 3. The molecule has 0 radical (unpaired) electrons. The maximum Gasteiger partial charge on any atom is 0.0693 e. The Labute approximate surface area is 111 Å². The third kappa shape index (κ3) is 2.75. The van der Waals surface area contributed by atoms with E-state index in [1.165, 1.54) is 30.4 Å². The lowest BCUT2D eigenvalue weighted by atomic mass is 9.67. The minimum absolute atomic E-state index is 0.0994. The molecule has 0 N–H and O–H groups in total. The molecule has 1 heteroatoms. The van der Waals surface area contributed by atoms with Gasteiger partial charge in [0.15, 0.2) is 0 Å². The Kier molecular flexibility index (Phi) is 4.07. The lowest BCUT2D eigenvalue weighted by Gasteiger charge is -2.35. The van der Waals surface area contributed by atoms with Gasteiger partial charge >= 0.3 is 0 Å². The molecular formula is C17H23N. The Balaban J connectivity index is 2.11. The van der Waals surface area contributed by atoms with E-state index in [4.69, 9.17) is 0 Å². The van der Waals surface area contributed by atoms with E-state index in [0.717, 1.165) is 25.2 Å². The van der Waals surface area contributed by atoms with Crippen molar-refractivity contribution in [1.82, 2.24) is 0 Å². The van der Waals surface area contributed by atoms with E-state index in [1.54, 1.807) is 0 Å². The fourth-order valence-corrected chi connectivity index (χ4v) is 3.14. The van der Waals surface area contributed by atoms with Gasteiger partial charge in [-0.2, -0.15) is 5.26 Å². The molecule has 2 rings (SSSR count). The van der Waals surface area contributed by atoms with E-state index in [2.05, 4.69) is 44.2 Å². The summed E-state index contributed by atoms with van der Waals surface area (Å²) in [6, 6.07) is 11.1. The van der Waals surface area contributed by atoms with Crippen LogP contribution < -0.4 is 0 Å². The summed E-state index contributed by atoms with van der Waals surface area (Å²) in [4.78, 5) is 0. The normalized spacial score (nSPS) is 27.7.